The molecule has 1 heterocycles. The Labute approximate surface area is 156 Å². The predicted molar refractivity (Wildman–Crippen MR) is 98.2 cm³/mol. The molecule has 1 aliphatic rings. The van der Waals surface area contributed by atoms with Crippen LogP contribution in [-0.4, -0.2) is 66.0 Å². The zero-order valence-corrected chi connectivity index (χ0v) is 14.9. The van der Waals surface area contributed by atoms with Crippen molar-refractivity contribution >= 4 is 17.8 Å². The van der Waals surface area contributed by atoms with Gasteiger partial charge in [-0.1, -0.05) is 0 Å². The lowest BCUT2D eigenvalue weighted by Crippen LogP contribution is -2.50. The van der Waals surface area contributed by atoms with Crippen molar-refractivity contribution in [3.8, 4) is 5.75 Å². The third kappa shape index (κ3) is 4.08. The van der Waals surface area contributed by atoms with Gasteiger partial charge in [-0.25, -0.2) is 4.79 Å². The summed E-state index contributed by atoms with van der Waals surface area (Å²) in [6.07, 6.45) is 0. The van der Waals surface area contributed by atoms with Crippen LogP contribution in [0.4, 0.5) is 0 Å². The molecule has 2 amide bonds. The highest BCUT2D eigenvalue weighted by Crippen LogP contribution is 2.15. The number of carboxylic acid groups (broad SMARTS) is 1. The number of ether oxygens (including phenoxy) is 1. The Hall–Kier alpha value is -3.35. The third-order valence-electron chi connectivity index (χ3n) is 4.57. The fraction of sp³-hybridized carbons (Fsp3) is 0.250. The first-order valence-corrected chi connectivity index (χ1v) is 8.55. The van der Waals surface area contributed by atoms with E-state index in [2.05, 4.69) is 0 Å². The van der Waals surface area contributed by atoms with Crippen LogP contribution in [0.2, 0.25) is 0 Å². The number of rotatable bonds is 4. The third-order valence-corrected chi connectivity index (χ3v) is 4.57. The Balaban J connectivity index is 1.59. The molecule has 0 radical (unpaired) electrons. The lowest BCUT2D eigenvalue weighted by Gasteiger charge is -2.35. The topological polar surface area (TPSA) is 87.2 Å². The van der Waals surface area contributed by atoms with Crippen LogP contribution in [0.3, 0.4) is 0 Å². The summed E-state index contributed by atoms with van der Waals surface area (Å²) in [5, 5.41) is 8.93. The molecule has 0 aliphatic carbocycles. The van der Waals surface area contributed by atoms with Crippen LogP contribution < -0.4 is 4.74 Å². The van der Waals surface area contributed by atoms with Gasteiger partial charge in [0.15, 0.2) is 0 Å². The molecule has 1 saturated heterocycles. The van der Waals surface area contributed by atoms with E-state index in [9.17, 15) is 14.4 Å². The van der Waals surface area contributed by atoms with E-state index in [0.717, 1.165) is 0 Å². The molecule has 0 atom stereocenters. The molecule has 7 nitrogen and oxygen atoms in total. The van der Waals surface area contributed by atoms with Crippen molar-refractivity contribution in [2.45, 2.75) is 0 Å². The van der Waals surface area contributed by atoms with E-state index in [1.807, 2.05) is 0 Å². The van der Waals surface area contributed by atoms with Gasteiger partial charge < -0.3 is 19.6 Å². The SMILES string of the molecule is COc1ccc(C(=O)N2CCN(C(=O)c3ccc(C(=O)O)cc3)CC2)cc1. The number of amides is 2. The van der Waals surface area contributed by atoms with Crippen molar-refractivity contribution in [2.24, 2.45) is 0 Å². The Morgan fingerprint density at radius 2 is 1.11 bits per heavy atom. The number of hydrogen-bond donors (Lipinski definition) is 1. The summed E-state index contributed by atoms with van der Waals surface area (Å²) < 4.78 is 5.10. The number of carbonyl (C=O) groups excluding carboxylic acids is 2. The minimum atomic E-state index is -1.03. The number of benzene rings is 2. The molecular formula is C20H20N2O5. The van der Waals surface area contributed by atoms with Crippen LogP contribution in [-0.2, 0) is 0 Å². The molecule has 2 aromatic carbocycles. The molecule has 0 aromatic heterocycles. The summed E-state index contributed by atoms with van der Waals surface area (Å²) in [5.74, 6) is -0.574. The maximum Gasteiger partial charge on any atom is 0.335 e. The highest BCUT2D eigenvalue weighted by Gasteiger charge is 2.25. The lowest BCUT2D eigenvalue weighted by molar-refractivity contribution is 0.0535. The fourth-order valence-corrected chi connectivity index (χ4v) is 2.97. The van der Waals surface area contributed by atoms with Crippen molar-refractivity contribution in [3.63, 3.8) is 0 Å². The maximum atomic E-state index is 12.6. The van der Waals surface area contributed by atoms with E-state index in [1.165, 1.54) is 24.3 Å². The number of carboxylic acids is 1. The first kappa shape index (κ1) is 18.4. The minimum Gasteiger partial charge on any atom is -0.497 e. The summed E-state index contributed by atoms with van der Waals surface area (Å²) in [7, 11) is 1.57. The van der Waals surface area contributed by atoms with Crippen LogP contribution >= 0.6 is 0 Å². The van der Waals surface area contributed by atoms with Gasteiger partial charge in [-0.3, -0.25) is 9.59 Å². The number of methoxy groups -OCH3 is 1. The normalized spacial score (nSPS) is 14.0. The Bertz CT molecular complexity index is 838. The maximum absolute atomic E-state index is 12.6. The van der Waals surface area contributed by atoms with Crippen molar-refractivity contribution in [2.75, 3.05) is 33.3 Å². The summed E-state index contributed by atoms with van der Waals surface area (Å²) in [4.78, 5) is 39.4. The predicted octanol–water partition coefficient (Wildman–Crippen LogP) is 1.99. The second kappa shape index (κ2) is 7.90. The molecule has 0 saturated carbocycles. The van der Waals surface area contributed by atoms with Crippen LogP contribution in [0.1, 0.15) is 31.1 Å². The van der Waals surface area contributed by atoms with E-state index >= 15 is 0 Å². The molecule has 140 valence electrons. The standard InChI is InChI=1S/C20H20N2O5/c1-27-17-8-6-15(7-9-17)19(24)22-12-10-21(11-13-22)18(23)14-2-4-16(5-3-14)20(25)26/h2-9H,10-13H2,1H3,(H,25,26). The van der Waals surface area contributed by atoms with Gasteiger partial charge in [0.05, 0.1) is 12.7 Å². The first-order valence-electron chi connectivity index (χ1n) is 8.55. The van der Waals surface area contributed by atoms with E-state index < -0.39 is 5.97 Å². The smallest absolute Gasteiger partial charge is 0.335 e. The van der Waals surface area contributed by atoms with Gasteiger partial charge in [0.1, 0.15) is 5.75 Å². The van der Waals surface area contributed by atoms with Crippen LogP contribution in [0.5, 0.6) is 5.75 Å². The van der Waals surface area contributed by atoms with Crippen LogP contribution in [0, 0.1) is 0 Å². The number of aromatic carboxylic acids is 1. The van der Waals surface area contributed by atoms with Gasteiger partial charge >= 0.3 is 5.97 Å². The van der Waals surface area contributed by atoms with Gasteiger partial charge in [0.25, 0.3) is 11.8 Å². The van der Waals surface area contributed by atoms with E-state index in [0.29, 0.717) is 43.1 Å². The number of hydrogen-bond acceptors (Lipinski definition) is 4. The monoisotopic (exact) mass is 368 g/mol. The minimum absolute atomic E-state index is 0.0736. The van der Waals surface area contributed by atoms with Gasteiger partial charge in [-0.2, -0.15) is 0 Å². The van der Waals surface area contributed by atoms with Crippen LogP contribution in [0.25, 0.3) is 0 Å². The molecule has 1 aliphatic heterocycles. The Morgan fingerprint density at radius 1 is 0.741 bits per heavy atom. The molecule has 0 bridgehead atoms. The number of piperazine rings is 1. The first-order chi connectivity index (χ1) is 13.0. The van der Waals surface area contributed by atoms with E-state index in [-0.39, 0.29) is 17.4 Å². The Kier molecular flexibility index (Phi) is 5.40. The zero-order valence-electron chi connectivity index (χ0n) is 14.9. The molecule has 2 aromatic rings. The Morgan fingerprint density at radius 3 is 1.48 bits per heavy atom. The van der Waals surface area contributed by atoms with Gasteiger partial charge in [0, 0.05) is 37.3 Å². The second-order valence-corrected chi connectivity index (χ2v) is 6.20. The van der Waals surface area contributed by atoms with Crippen molar-refractivity contribution in [3.05, 3.63) is 65.2 Å². The van der Waals surface area contributed by atoms with Crippen molar-refractivity contribution < 1.29 is 24.2 Å². The molecule has 1 fully saturated rings. The quantitative estimate of drug-likeness (QED) is 0.892. The summed E-state index contributed by atoms with van der Waals surface area (Å²) in [6.45, 7) is 1.76. The highest BCUT2D eigenvalue weighted by atomic mass is 16.5. The van der Waals surface area contributed by atoms with E-state index in [1.54, 1.807) is 41.2 Å². The average Bonchev–Trinajstić information content (AvgIpc) is 2.73. The molecule has 3 rings (SSSR count). The van der Waals surface area contributed by atoms with Gasteiger partial charge in [-0.15, -0.1) is 0 Å². The second-order valence-electron chi connectivity index (χ2n) is 6.20. The summed E-state index contributed by atoms with van der Waals surface area (Å²) in [6, 6.07) is 12.8. The summed E-state index contributed by atoms with van der Waals surface area (Å²) >= 11 is 0. The summed E-state index contributed by atoms with van der Waals surface area (Å²) in [5.41, 5.74) is 1.16. The van der Waals surface area contributed by atoms with Crippen molar-refractivity contribution in [1.82, 2.24) is 9.80 Å². The van der Waals surface area contributed by atoms with E-state index in [4.69, 9.17) is 9.84 Å². The van der Waals surface area contributed by atoms with Gasteiger partial charge in [0.2, 0.25) is 0 Å². The molecular weight excluding hydrogens is 348 g/mol. The number of nitrogens with zero attached hydrogens (tertiary/aromatic N) is 2. The molecule has 0 unspecified atom stereocenters. The molecule has 0 spiro atoms. The van der Waals surface area contributed by atoms with Gasteiger partial charge in [-0.05, 0) is 48.5 Å². The van der Waals surface area contributed by atoms with Crippen molar-refractivity contribution in [1.29, 1.82) is 0 Å². The number of carbonyl (C=O) groups is 3. The molecule has 27 heavy (non-hydrogen) atoms. The lowest BCUT2D eigenvalue weighted by atomic mass is 10.1. The average molecular weight is 368 g/mol. The largest absolute Gasteiger partial charge is 0.497 e. The fourth-order valence-electron chi connectivity index (χ4n) is 2.97. The highest BCUT2D eigenvalue weighted by molar-refractivity contribution is 5.97. The molecule has 1 N–H and O–H groups in total. The molecule has 7 heteroatoms. The van der Waals surface area contributed by atoms with Crippen LogP contribution in [0.15, 0.2) is 48.5 Å². The zero-order chi connectivity index (χ0) is 19.4.